The minimum absolute atomic E-state index is 0.162. The Kier molecular flexibility index (Phi) is 2.02. The third kappa shape index (κ3) is 1.15. The van der Waals surface area contributed by atoms with E-state index in [0.29, 0.717) is 0 Å². The molecule has 1 aromatic carbocycles. The molecule has 0 amide bonds. The molecule has 1 heteroatoms. The van der Waals surface area contributed by atoms with Crippen LogP contribution in [0.1, 0.15) is 36.8 Å². The average molecular weight is 214 g/mol. The Morgan fingerprint density at radius 3 is 3.00 bits per heavy atom. The van der Waals surface area contributed by atoms with Crippen LogP contribution >= 0.6 is 0 Å². The Balaban J connectivity index is 1.95. The lowest BCUT2D eigenvalue weighted by molar-refractivity contribution is 0.0797. The molecule has 16 heavy (non-hydrogen) atoms. The van der Waals surface area contributed by atoms with Crippen molar-refractivity contribution >= 4 is 0 Å². The highest BCUT2D eigenvalue weighted by molar-refractivity contribution is 5.43. The van der Waals surface area contributed by atoms with Gasteiger partial charge in [-0.3, -0.25) is 0 Å². The minimum Gasteiger partial charge on any atom is -0.385 e. The van der Waals surface area contributed by atoms with Crippen LogP contribution < -0.4 is 0 Å². The molecule has 0 radical (unpaired) electrons. The van der Waals surface area contributed by atoms with E-state index in [1.165, 1.54) is 11.1 Å². The molecule has 0 bridgehead atoms. The van der Waals surface area contributed by atoms with Gasteiger partial charge in [0, 0.05) is 5.41 Å². The first-order valence-corrected chi connectivity index (χ1v) is 6.14. The van der Waals surface area contributed by atoms with E-state index in [1.807, 2.05) is 12.1 Å². The molecule has 1 saturated carbocycles. The van der Waals surface area contributed by atoms with Crippen LogP contribution in [-0.2, 0) is 12.0 Å². The normalized spacial score (nSPS) is 35.1. The maximum Gasteiger partial charge on any atom is 0.0963 e. The first-order chi connectivity index (χ1) is 7.72. The quantitative estimate of drug-likeness (QED) is 0.766. The Bertz CT molecular complexity index is 433. The van der Waals surface area contributed by atoms with Crippen LogP contribution in [0.15, 0.2) is 36.9 Å². The largest absolute Gasteiger partial charge is 0.385 e. The number of aryl methyl sites for hydroxylation is 1. The van der Waals surface area contributed by atoms with Gasteiger partial charge in [-0.1, -0.05) is 30.3 Å². The van der Waals surface area contributed by atoms with Crippen molar-refractivity contribution < 1.29 is 5.11 Å². The summed E-state index contributed by atoms with van der Waals surface area (Å²) in [7, 11) is 0. The number of allylic oxidation sites excluding steroid dienone is 1. The van der Waals surface area contributed by atoms with Gasteiger partial charge in [-0.05, 0) is 43.2 Å². The highest BCUT2D eigenvalue weighted by atomic mass is 16.3. The smallest absolute Gasteiger partial charge is 0.0963 e. The summed E-state index contributed by atoms with van der Waals surface area (Å²) in [4.78, 5) is 0. The van der Waals surface area contributed by atoms with Crippen molar-refractivity contribution in [1.82, 2.24) is 0 Å². The summed E-state index contributed by atoms with van der Waals surface area (Å²) in [5.74, 6) is 0. The fraction of sp³-hybridized carbons (Fsp3) is 0.467. The molecular weight excluding hydrogens is 196 g/mol. The van der Waals surface area contributed by atoms with Crippen LogP contribution in [0.2, 0.25) is 0 Å². The van der Waals surface area contributed by atoms with E-state index < -0.39 is 5.60 Å². The second-order valence-corrected chi connectivity index (χ2v) is 5.30. The number of aliphatic hydroxyl groups is 1. The van der Waals surface area contributed by atoms with E-state index in [9.17, 15) is 5.11 Å². The molecule has 0 aromatic heterocycles. The van der Waals surface area contributed by atoms with Gasteiger partial charge in [0.1, 0.15) is 0 Å². The monoisotopic (exact) mass is 214 g/mol. The van der Waals surface area contributed by atoms with Crippen molar-refractivity contribution in [3.63, 3.8) is 0 Å². The van der Waals surface area contributed by atoms with Crippen molar-refractivity contribution in [3.8, 4) is 0 Å². The molecule has 0 aliphatic heterocycles. The first-order valence-electron chi connectivity index (χ1n) is 6.14. The first kappa shape index (κ1) is 10.1. The Hall–Kier alpha value is -1.08. The van der Waals surface area contributed by atoms with Gasteiger partial charge in [0.2, 0.25) is 0 Å². The lowest BCUT2D eigenvalue weighted by atomic mass is 9.79. The fourth-order valence-corrected chi connectivity index (χ4v) is 3.44. The highest BCUT2D eigenvalue weighted by Gasteiger charge is 2.68. The lowest BCUT2D eigenvalue weighted by Crippen LogP contribution is -2.25. The van der Waals surface area contributed by atoms with Gasteiger partial charge < -0.3 is 5.11 Å². The van der Waals surface area contributed by atoms with Crippen LogP contribution in [0, 0.1) is 5.41 Å². The molecular formula is C15H18O. The zero-order valence-electron chi connectivity index (χ0n) is 9.58. The Morgan fingerprint density at radius 2 is 2.19 bits per heavy atom. The van der Waals surface area contributed by atoms with E-state index in [2.05, 4.69) is 24.8 Å². The van der Waals surface area contributed by atoms with Gasteiger partial charge in [-0.15, -0.1) is 6.58 Å². The zero-order chi connectivity index (χ0) is 11.2. The predicted octanol–water partition coefficient (Wildman–Crippen LogP) is 3.18. The molecule has 0 spiro atoms. The number of hydrogen-bond donors (Lipinski definition) is 1. The summed E-state index contributed by atoms with van der Waals surface area (Å²) in [5.41, 5.74) is 2.17. The van der Waals surface area contributed by atoms with Crippen molar-refractivity contribution in [3.05, 3.63) is 48.0 Å². The van der Waals surface area contributed by atoms with Gasteiger partial charge in [-0.25, -0.2) is 0 Å². The standard InChI is InChI=1S/C15H18O/c1-2-3-9-14-10-8-12-6-4-5-7-13(12)15(14,16)11-14/h2,4-7,16H,1,3,8-11H2. The van der Waals surface area contributed by atoms with Crippen molar-refractivity contribution in [1.29, 1.82) is 0 Å². The van der Waals surface area contributed by atoms with E-state index in [1.54, 1.807) is 0 Å². The van der Waals surface area contributed by atoms with E-state index in [0.717, 1.165) is 32.1 Å². The van der Waals surface area contributed by atoms with Crippen molar-refractivity contribution in [2.24, 2.45) is 5.41 Å². The maximum atomic E-state index is 10.7. The lowest BCUT2D eigenvalue weighted by Gasteiger charge is -2.29. The Labute approximate surface area is 96.8 Å². The fourth-order valence-electron chi connectivity index (χ4n) is 3.44. The summed E-state index contributed by atoms with van der Waals surface area (Å²) in [6.07, 6.45) is 7.27. The second-order valence-electron chi connectivity index (χ2n) is 5.30. The summed E-state index contributed by atoms with van der Waals surface area (Å²) in [6.45, 7) is 3.78. The molecule has 2 aliphatic rings. The van der Waals surface area contributed by atoms with Gasteiger partial charge in [0.25, 0.3) is 0 Å². The van der Waals surface area contributed by atoms with Crippen LogP contribution in [0.5, 0.6) is 0 Å². The number of fused-ring (bicyclic) bond motifs is 3. The average Bonchev–Trinajstić information content (AvgIpc) is 2.94. The minimum atomic E-state index is -0.523. The van der Waals surface area contributed by atoms with Crippen molar-refractivity contribution in [2.45, 2.75) is 37.7 Å². The van der Waals surface area contributed by atoms with E-state index >= 15 is 0 Å². The molecule has 2 aliphatic carbocycles. The molecule has 2 atom stereocenters. The number of benzene rings is 1. The summed E-state index contributed by atoms with van der Waals surface area (Å²) in [6, 6.07) is 8.37. The molecule has 2 unspecified atom stereocenters. The molecule has 0 heterocycles. The number of rotatable bonds is 3. The molecule has 84 valence electrons. The topological polar surface area (TPSA) is 20.2 Å². The summed E-state index contributed by atoms with van der Waals surface area (Å²) < 4.78 is 0. The van der Waals surface area contributed by atoms with Crippen LogP contribution in [0.25, 0.3) is 0 Å². The van der Waals surface area contributed by atoms with E-state index in [-0.39, 0.29) is 5.41 Å². The molecule has 1 aromatic rings. The Morgan fingerprint density at radius 1 is 1.38 bits per heavy atom. The molecule has 1 N–H and O–H groups in total. The molecule has 3 rings (SSSR count). The predicted molar refractivity (Wildman–Crippen MR) is 65.1 cm³/mol. The SMILES string of the molecule is C=CCCC12CCc3ccccc3C1(O)C2. The van der Waals surface area contributed by atoms with Crippen LogP contribution in [0.3, 0.4) is 0 Å². The molecule has 0 saturated heterocycles. The summed E-state index contributed by atoms with van der Waals surface area (Å²) >= 11 is 0. The third-order valence-corrected chi connectivity index (χ3v) is 4.51. The van der Waals surface area contributed by atoms with Crippen molar-refractivity contribution in [2.75, 3.05) is 0 Å². The highest BCUT2D eigenvalue weighted by Crippen LogP contribution is 2.70. The third-order valence-electron chi connectivity index (χ3n) is 4.51. The molecule has 1 nitrogen and oxygen atoms in total. The second kappa shape index (κ2) is 3.21. The maximum absolute atomic E-state index is 10.7. The van der Waals surface area contributed by atoms with Gasteiger partial charge in [0.15, 0.2) is 0 Å². The van der Waals surface area contributed by atoms with Crippen LogP contribution in [-0.4, -0.2) is 5.11 Å². The summed E-state index contributed by atoms with van der Waals surface area (Å²) in [5, 5.41) is 10.7. The zero-order valence-corrected chi connectivity index (χ0v) is 9.58. The van der Waals surface area contributed by atoms with E-state index in [4.69, 9.17) is 0 Å². The number of hydrogen-bond acceptors (Lipinski definition) is 1. The van der Waals surface area contributed by atoms with Gasteiger partial charge in [-0.2, -0.15) is 0 Å². The van der Waals surface area contributed by atoms with Crippen LogP contribution in [0.4, 0.5) is 0 Å². The molecule has 1 fully saturated rings. The van der Waals surface area contributed by atoms with Gasteiger partial charge in [0.05, 0.1) is 5.60 Å². The van der Waals surface area contributed by atoms with Gasteiger partial charge >= 0.3 is 0 Å².